The van der Waals surface area contributed by atoms with Gasteiger partial charge in [0.05, 0.1) is 29.2 Å². The lowest BCUT2D eigenvalue weighted by molar-refractivity contribution is -0.124. The van der Waals surface area contributed by atoms with E-state index in [0.717, 1.165) is 61.2 Å². The number of aromatic nitrogens is 2. The number of carbonyl (C=O) groups excluding carboxylic acids is 3. The van der Waals surface area contributed by atoms with E-state index in [4.69, 9.17) is 10.4 Å². The average Bonchev–Trinajstić information content (AvgIpc) is 3.97. The molecule has 3 saturated carbocycles. The van der Waals surface area contributed by atoms with E-state index < -0.39 is 23.2 Å². The Labute approximate surface area is 268 Å². The lowest BCUT2D eigenvalue weighted by Crippen LogP contribution is -2.52. The molecule has 1 aromatic carbocycles. The van der Waals surface area contributed by atoms with Gasteiger partial charge in [-0.25, -0.2) is 9.78 Å². The number of nitrogens with zero attached hydrogens (tertiary/aromatic N) is 3. The third kappa shape index (κ3) is 5.66. The number of hydrogen-bond acceptors (Lipinski definition) is 7. The van der Waals surface area contributed by atoms with Crippen LogP contribution in [-0.4, -0.2) is 68.0 Å². The molecule has 5 aliphatic rings. The molecule has 4 aliphatic carbocycles. The van der Waals surface area contributed by atoms with Crippen molar-refractivity contribution in [2.45, 2.75) is 95.7 Å². The van der Waals surface area contributed by atoms with Gasteiger partial charge in [-0.1, -0.05) is 25.1 Å². The van der Waals surface area contributed by atoms with Crippen LogP contribution in [0.4, 0.5) is 10.5 Å². The number of H-pyrrole nitrogens is 1. The van der Waals surface area contributed by atoms with E-state index in [2.05, 4.69) is 39.9 Å². The first-order valence-electron chi connectivity index (χ1n) is 16.7. The Balaban J connectivity index is 1.15. The van der Waals surface area contributed by atoms with Crippen LogP contribution in [0.3, 0.4) is 0 Å². The third-order valence-corrected chi connectivity index (χ3v) is 10.7. The van der Waals surface area contributed by atoms with E-state index in [1.54, 1.807) is 0 Å². The van der Waals surface area contributed by atoms with E-state index in [1.165, 1.54) is 6.92 Å². The number of benzene rings is 1. The summed E-state index contributed by atoms with van der Waals surface area (Å²) in [6, 6.07) is 5.08. The van der Waals surface area contributed by atoms with Gasteiger partial charge >= 0.3 is 6.03 Å². The lowest BCUT2D eigenvalue weighted by Gasteiger charge is -2.37. The molecule has 4 amide bonds. The molecule has 0 bridgehead atoms. The van der Waals surface area contributed by atoms with Crippen molar-refractivity contribution in [1.82, 2.24) is 25.5 Å². The van der Waals surface area contributed by atoms with Crippen molar-refractivity contribution in [2.24, 2.45) is 28.8 Å². The van der Waals surface area contributed by atoms with Crippen molar-refractivity contribution in [3.8, 4) is 0 Å². The summed E-state index contributed by atoms with van der Waals surface area (Å²) in [7, 11) is 0. The first-order valence-corrected chi connectivity index (χ1v) is 16.7. The Morgan fingerprint density at radius 1 is 1.11 bits per heavy atom. The van der Waals surface area contributed by atoms with Crippen LogP contribution in [0.5, 0.6) is 0 Å². The number of fused-ring (bicyclic) bond motifs is 1. The number of carbonyl (C=O) groups is 3. The van der Waals surface area contributed by atoms with Gasteiger partial charge in [0.2, 0.25) is 5.91 Å². The van der Waals surface area contributed by atoms with Gasteiger partial charge in [0.25, 0.3) is 5.91 Å². The lowest BCUT2D eigenvalue weighted by atomic mass is 9.88. The average molecular weight is 629 g/mol. The molecular formula is C34H44N8O4. The first kappa shape index (κ1) is 30.4. The summed E-state index contributed by atoms with van der Waals surface area (Å²) in [6.45, 7) is 6.22. The molecule has 1 aromatic heterocycles. The van der Waals surface area contributed by atoms with Gasteiger partial charge in [0.1, 0.15) is 11.9 Å². The van der Waals surface area contributed by atoms with E-state index in [1.807, 2.05) is 29.3 Å². The van der Waals surface area contributed by atoms with E-state index in [9.17, 15) is 19.6 Å². The molecule has 7 rings (SSSR count). The monoisotopic (exact) mass is 628 g/mol. The molecule has 1 aliphatic heterocycles. The maximum atomic E-state index is 14.0. The SMILES string of the molecule is CC(=N)/C(=N\O)C(=O)N[C@H](C(=O)Nc1ccc2c(c1)CC(c1cnc(C3CC3)[nH]1)(N1C[C@@H](C(C)C)NC1=O)C2)C(C1CC1)C1CC1. The van der Waals surface area contributed by atoms with E-state index in [0.29, 0.717) is 48.7 Å². The molecule has 6 N–H and O–H groups in total. The summed E-state index contributed by atoms with van der Waals surface area (Å²) < 4.78 is 0. The number of hydrogen-bond donors (Lipinski definition) is 6. The minimum absolute atomic E-state index is 0.0133. The highest BCUT2D eigenvalue weighted by atomic mass is 16.4. The Kier molecular flexibility index (Phi) is 7.64. The van der Waals surface area contributed by atoms with Gasteiger partial charge in [0.15, 0.2) is 5.71 Å². The van der Waals surface area contributed by atoms with Crippen LogP contribution >= 0.6 is 0 Å². The summed E-state index contributed by atoms with van der Waals surface area (Å²) in [4.78, 5) is 50.8. The fourth-order valence-electron chi connectivity index (χ4n) is 7.65. The fraction of sp³-hybridized carbons (Fsp3) is 0.588. The molecule has 2 heterocycles. The summed E-state index contributed by atoms with van der Waals surface area (Å²) >= 11 is 0. The molecule has 0 radical (unpaired) electrons. The van der Waals surface area contributed by atoms with Crippen LogP contribution in [0.25, 0.3) is 0 Å². The standard InChI is InChI=1S/C34H44N8O4/c1-17(2)25-16-42(33(45)38-25)34(26-15-36-30(39-26)21-8-9-21)13-22-10-11-24(12-23(22)14-34)37-32(44)29(27(19-4-5-19)20-6-7-20)40-31(43)28(41-46)18(3)35/h10-12,15,17,19-21,25,27,29,35,46H,4-9,13-14,16H2,1-3H3,(H,36,39)(H,37,44)(H,38,45)(H,40,43)/b35-18?,41-28+/t25-,29-,34?/m0/s1. The second-order valence-electron chi connectivity index (χ2n) is 14.5. The van der Waals surface area contributed by atoms with Crippen molar-refractivity contribution in [3.63, 3.8) is 0 Å². The Morgan fingerprint density at radius 2 is 1.80 bits per heavy atom. The van der Waals surface area contributed by atoms with Crippen molar-refractivity contribution in [2.75, 3.05) is 11.9 Å². The minimum Gasteiger partial charge on any atom is -0.410 e. The summed E-state index contributed by atoms with van der Waals surface area (Å²) in [5.74, 6) is 1.40. The van der Waals surface area contributed by atoms with Gasteiger partial charge in [-0.05, 0) is 92.4 Å². The zero-order valence-corrected chi connectivity index (χ0v) is 26.7. The largest absolute Gasteiger partial charge is 0.410 e. The second kappa shape index (κ2) is 11.5. The molecule has 46 heavy (non-hydrogen) atoms. The number of rotatable bonds is 12. The number of urea groups is 1. The molecule has 2 aromatic rings. The Hall–Kier alpha value is -4.22. The van der Waals surface area contributed by atoms with Crippen LogP contribution in [0.1, 0.15) is 87.9 Å². The first-order chi connectivity index (χ1) is 22.1. The molecule has 3 atom stereocenters. The van der Waals surface area contributed by atoms with Gasteiger partial charge in [0, 0.05) is 31.0 Å². The van der Waals surface area contributed by atoms with Crippen LogP contribution in [0.15, 0.2) is 29.6 Å². The number of nitrogens with one attached hydrogen (secondary N) is 5. The molecule has 1 unspecified atom stereocenters. The van der Waals surface area contributed by atoms with Gasteiger partial charge in [-0.3, -0.25) is 9.59 Å². The topological polar surface area (TPSA) is 176 Å². The van der Waals surface area contributed by atoms with Gasteiger partial charge in [-0.2, -0.15) is 0 Å². The van der Waals surface area contributed by atoms with E-state index in [-0.39, 0.29) is 29.6 Å². The predicted octanol–water partition coefficient (Wildman–Crippen LogP) is 4.06. The number of anilines is 1. The van der Waals surface area contributed by atoms with Crippen molar-refractivity contribution in [1.29, 1.82) is 5.41 Å². The zero-order valence-electron chi connectivity index (χ0n) is 26.7. The highest BCUT2D eigenvalue weighted by molar-refractivity contribution is 6.65. The zero-order chi connectivity index (χ0) is 32.3. The summed E-state index contributed by atoms with van der Waals surface area (Å²) in [5.41, 5.74) is 2.54. The molecule has 1 saturated heterocycles. The molecular weight excluding hydrogens is 584 g/mol. The molecule has 0 spiro atoms. The normalized spacial score (nSPS) is 25.1. The smallest absolute Gasteiger partial charge is 0.318 e. The number of oxime groups is 1. The van der Waals surface area contributed by atoms with Gasteiger partial charge < -0.3 is 36.5 Å². The van der Waals surface area contributed by atoms with Crippen molar-refractivity contribution >= 4 is 35.0 Å². The Bertz CT molecular complexity index is 1590. The molecule has 12 nitrogen and oxygen atoms in total. The van der Waals surface area contributed by atoms with Crippen LogP contribution in [-0.2, 0) is 28.0 Å². The van der Waals surface area contributed by atoms with Crippen molar-refractivity contribution in [3.05, 3.63) is 47.0 Å². The quantitative estimate of drug-likeness (QED) is 0.118. The third-order valence-electron chi connectivity index (χ3n) is 10.7. The molecule has 12 heteroatoms. The second-order valence-corrected chi connectivity index (χ2v) is 14.5. The van der Waals surface area contributed by atoms with Crippen LogP contribution in [0.2, 0.25) is 0 Å². The number of aromatic amines is 1. The highest BCUT2D eigenvalue weighted by Gasteiger charge is 2.52. The van der Waals surface area contributed by atoms with Gasteiger partial charge in [-0.15, -0.1) is 0 Å². The maximum absolute atomic E-state index is 14.0. The molecule has 244 valence electrons. The predicted molar refractivity (Wildman–Crippen MR) is 172 cm³/mol. The fourth-order valence-corrected chi connectivity index (χ4v) is 7.65. The van der Waals surface area contributed by atoms with E-state index >= 15 is 0 Å². The summed E-state index contributed by atoms with van der Waals surface area (Å²) in [5, 5.41) is 29.3. The number of imidazole rings is 1. The number of amides is 4. The Morgan fingerprint density at radius 3 is 2.39 bits per heavy atom. The molecule has 4 fully saturated rings. The van der Waals surface area contributed by atoms with Crippen molar-refractivity contribution < 1.29 is 19.6 Å². The van der Waals surface area contributed by atoms with Crippen LogP contribution in [0, 0.1) is 29.1 Å². The maximum Gasteiger partial charge on any atom is 0.318 e. The highest BCUT2D eigenvalue weighted by Crippen LogP contribution is 2.51. The van der Waals surface area contributed by atoms with Crippen LogP contribution < -0.4 is 16.0 Å². The minimum atomic E-state index is -0.817. The summed E-state index contributed by atoms with van der Waals surface area (Å²) in [6.07, 6.45) is 9.45.